The fraction of sp³-hybridized carbons (Fsp3) is 0.150. The van der Waals surface area contributed by atoms with Crippen LogP contribution in [-0.2, 0) is 4.79 Å². The van der Waals surface area contributed by atoms with Crippen LogP contribution in [0, 0.1) is 11.3 Å². The Bertz CT molecular complexity index is 998. The summed E-state index contributed by atoms with van der Waals surface area (Å²) < 4.78 is 11.1. The first-order valence-corrected chi connectivity index (χ1v) is 10.6. The zero-order valence-electron chi connectivity index (χ0n) is 15.2. The van der Waals surface area contributed by atoms with Gasteiger partial charge in [-0.25, -0.2) is 0 Å². The molecule has 5 nitrogen and oxygen atoms in total. The number of carbonyl (C=O) groups excluding carboxylic acids is 1. The van der Waals surface area contributed by atoms with Gasteiger partial charge in [-0.05, 0) is 48.2 Å². The lowest BCUT2D eigenvalue weighted by Crippen LogP contribution is -2.27. The van der Waals surface area contributed by atoms with Gasteiger partial charge >= 0.3 is 0 Å². The van der Waals surface area contributed by atoms with Crippen molar-refractivity contribution < 1.29 is 14.3 Å². The predicted molar refractivity (Wildman–Crippen MR) is 118 cm³/mol. The van der Waals surface area contributed by atoms with Crippen molar-refractivity contribution in [2.24, 2.45) is 0 Å². The maximum Gasteiger partial charge on any atom is 0.270 e. The van der Waals surface area contributed by atoms with Gasteiger partial charge in [0.1, 0.15) is 6.07 Å². The van der Waals surface area contributed by atoms with E-state index in [-0.39, 0.29) is 12.5 Å². The van der Waals surface area contributed by atoms with E-state index in [1.54, 1.807) is 40.9 Å². The van der Waals surface area contributed by atoms with Crippen molar-refractivity contribution in [2.45, 2.75) is 4.90 Å². The molecule has 0 radical (unpaired) electrons. The molecule has 1 fully saturated rings. The van der Waals surface area contributed by atoms with Gasteiger partial charge in [0.05, 0.1) is 17.7 Å². The molecule has 0 atom stereocenters. The van der Waals surface area contributed by atoms with Crippen LogP contribution in [0.25, 0.3) is 6.08 Å². The molecule has 2 aromatic rings. The van der Waals surface area contributed by atoms with Gasteiger partial charge in [0, 0.05) is 4.90 Å². The number of ether oxygens (including phenoxy) is 2. The van der Waals surface area contributed by atoms with E-state index < -0.39 is 0 Å². The van der Waals surface area contributed by atoms with E-state index in [0.29, 0.717) is 20.7 Å². The van der Waals surface area contributed by atoms with Crippen LogP contribution in [0.15, 0.2) is 52.3 Å². The third-order valence-electron chi connectivity index (χ3n) is 3.88. The smallest absolute Gasteiger partial charge is 0.270 e. The summed E-state index contributed by atoms with van der Waals surface area (Å²) in [5, 5.41) is 8.66. The van der Waals surface area contributed by atoms with Crippen molar-refractivity contribution in [1.29, 1.82) is 5.26 Å². The van der Waals surface area contributed by atoms with Gasteiger partial charge in [0.2, 0.25) is 0 Å². The largest absolute Gasteiger partial charge is 0.493 e. The molecule has 142 valence electrons. The van der Waals surface area contributed by atoms with Gasteiger partial charge in [0.25, 0.3) is 5.91 Å². The molecule has 0 unspecified atom stereocenters. The van der Waals surface area contributed by atoms with E-state index in [1.807, 2.05) is 36.6 Å². The summed E-state index contributed by atoms with van der Waals surface area (Å²) in [6.07, 6.45) is 3.76. The molecule has 8 heteroatoms. The van der Waals surface area contributed by atoms with Crippen LogP contribution >= 0.6 is 35.7 Å². The van der Waals surface area contributed by atoms with Gasteiger partial charge in [-0.3, -0.25) is 9.69 Å². The molecule has 1 aliphatic heterocycles. The second kappa shape index (κ2) is 9.15. The van der Waals surface area contributed by atoms with Crippen LogP contribution in [0.5, 0.6) is 11.5 Å². The van der Waals surface area contributed by atoms with Gasteiger partial charge in [-0.1, -0.05) is 36.1 Å². The Morgan fingerprint density at radius 1 is 1.29 bits per heavy atom. The number of anilines is 1. The molecule has 1 saturated heterocycles. The summed E-state index contributed by atoms with van der Waals surface area (Å²) in [6.45, 7) is -0.0660. The van der Waals surface area contributed by atoms with E-state index in [9.17, 15) is 4.79 Å². The van der Waals surface area contributed by atoms with E-state index in [4.69, 9.17) is 27.0 Å². The Balaban J connectivity index is 1.88. The third kappa shape index (κ3) is 4.33. The SMILES string of the molecule is COc1cc(/C=C2\SC(=S)N(c3cccc(SC)c3)C2=O)ccc1OCC#N. The summed E-state index contributed by atoms with van der Waals surface area (Å²) in [7, 11) is 1.52. The van der Waals surface area contributed by atoms with Crippen molar-refractivity contribution in [2.75, 3.05) is 24.9 Å². The number of amides is 1. The Morgan fingerprint density at radius 2 is 2.11 bits per heavy atom. The van der Waals surface area contributed by atoms with Crippen LogP contribution < -0.4 is 14.4 Å². The Hall–Kier alpha value is -2.47. The monoisotopic (exact) mass is 428 g/mol. The minimum absolute atomic E-state index is 0.0660. The lowest BCUT2D eigenvalue weighted by atomic mass is 10.2. The molecule has 0 spiro atoms. The lowest BCUT2D eigenvalue weighted by molar-refractivity contribution is -0.113. The normalized spacial score (nSPS) is 15.0. The molecule has 0 aliphatic carbocycles. The number of hydrogen-bond donors (Lipinski definition) is 0. The number of hydrogen-bond acceptors (Lipinski definition) is 7. The third-order valence-corrected chi connectivity index (χ3v) is 5.91. The molecule has 0 N–H and O–H groups in total. The maximum absolute atomic E-state index is 12.9. The molecule has 1 amide bonds. The van der Waals surface area contributed by atoms with E-state index in [1.165, 1.54) is 18.9 Å². The zero-order chi connectivity index (χ0) is 20.1. The summed E-state index contributed by atoms with van der Waals surface area (Å²) in [4.78, 5) is 16.1. The fourth-order valence-electron chi connectivity index (χ4n) is 2.59. The number of methoxy groups -OCH3 is 1. The Kier molecular flexibility index (Phi) is 6.62. The summed E-state index contributed by atoms with van der Waals surface area (Å²) in [5.74, 6) is 0.812. The number of nitrogens with zero attached hydrogens (tertiary/aromatic N) is 2. The highest BCUT2D eigenvalue weighted by molar-refractivity contribution is 8.27. The highest BCUT2D eigenvalue weighted by atomic mass is 32.2. The van der Waals surface area contributed by atoms with Gasteiger partial charge in [0.15, 0.2) is 22.4 Å². The average Bonchev–Trinajstić information content (AvgIpc) is 2.99. The van der Waals surface area contributed by atoms with Crippen molar-refractivity contribution in [3.63, 3.8) is 0 Å². The van der Waals surface area contributed by atoms with E-state index >= 15 is 0 Å². The Labute approximate surface area is 177 Å². The molecule has 28 heavy (non-hydrogen) atoms. The first kappa shape index (κ1) is 20.3. The van der Waals surface area contributed by atoms with Gasteiger partial charge in [-0.15, -0.1) is 11.8 Å². The van der Waals surface area contributed by atoms with E-state index in [0.717, 1.165) is 16.1 Å². The quantitative estimate of drug-likeness (QED) is 0.375. The first-order chi connectivity index (χ1) is 13.6. The van der Waals surface area contributed by atoms with Crippen molar-refractivity contribution in [1.82, 2.24) is 0 Å². The predicted octanol–water partition coefficient (Wildman–Crippen LogP) is 4.73. The maximum atomic E-state index is 12.9. The zero-order valence-corrected chi connectivity index (χ0v) is 17.6. The van der Waals surface area contributed by atoms with Crippen molar-refractivity contribution in [3.8, 4) is 17.6 Å². The van der Waals surface area contributed by atoms with Crippen molar-refractivity contribution in [3.05, 3.63) is 52.9 Å². The number of benzene rings is 2. The number of thiocarbonyl (C=S) groups is 1. The van der Waals surface area contributed by atoms with Crippen LogP contribution in [-0.4, -0.2) is 30.2 Å². The van der Waals surface area contributed by atoms with Crippen molar-refractivity contribution >= 4 is 57.7 Å². The molecule has 2 aromatic carbocycles. The van der Waals surface area contributed by atoms with Crippen LogP contribution in [0.3, 0.4) is 0 Å². The number of rotatable bonds is 6. The highest BCUT2D eigenvalue weighted by Crippen LogP contribution is 2.38. The van der Waals surface area contributed by atoms with Crippen LogP contribution in [0.2, 0.25) is 0 Å². The first-order valence-electron chi connectivity index (χ1n) is 8.17. The second-order valence-corrected chi connectivity index (χ2v) is 8.13. The van der Waals surface area contributed by atoms with Crippen LogP contribution in [0.4, 0.5) is 5.69 Å². The molecular weight excluding hydrogens is 412 g/mol. The highest BCUT2D eigenvalue weighted by Gasteiger charge is 2.33. The second-order valence-electron chi connectivity index (χ2n) is 5.58. The average molecular weight is 429 g/mol. The molecular formula is C20H16N2O3S3. The minimum atomic E-state index is -0.156. The molecule has 0 aromatic heterocycles. The Morgan fingerprint density at radius 3 is 2.82 bits per heavy atom. The summed E-state index contributed by atoms with van der Waals surface area (Å²) in [5.41, 5.74) is 1.54. The van der Waals surface area contributed by atoms with Crippen LogP contribution in [0.1, 0.15) is 5.56 Å². The molecule has 0 saturated carbocycles. The minimum Gasteiger partial charge on any atom is -0.493 e. The topological polar surface area (TPSA) is 62.6 Å². The number of carbonyl (C=O) groups is 1. The summed E-state index contributed by atoms with van der Waals surface area (Å²) in [6, 6.07) is 14.9. The van der Waals surface area contributed by atoms with E-state index in [2.05, 4.69) is 0 Å². The molecule has 1 aliphatic rings. The molecule has 3 rings (SSSR count). The lowest BCUT2D eigenvalue weighted by Gasteiger charge is -2.15. The van der Waals surface area contributed by atoms with Gasteiger partial charge < -0.3 is 9.47 Å². The van der Waals surface area contributed by atoms with Gasteiger partial charge in [-0.2, -0.15) is 5.26 Å². The standard InChI is InChI=1S/C20H16N2O3S3/c1-24-17-10-13(6-7-16(17)25-9-8-21)11-18-19(23)22(20(26)28-18)14-4-3-5-15(12-14)27-2/h3-7,10-12H,9H2,1-2H3/b18-11-. The fourth-order valence-corrected chi connectivity index (χ4v) is 4.35. The molecule has 0 bridgehead atoms. The number of thioether (sulfide) groups is 2. The molecule has 1 heterocycles. The summed E-state index contributed by atoms with van der Waals surface area (Å²) >= 11 is 8.31. The number of nitriles is 1.